The highest BCUT2D eigenvalue weighted by atomic mass is 32.2. The number of hydrogen-bond donors (Lipinski definition) is 4. The molecule has 0 radical (unpaired) electrons. The second-order valence-corrected chi connectivity index (χ2v) is 13.8. The van der Waals surface area contributed by atoms with E-state index in [2.05, 4.69) is 20.5 Å². The zero-order chi connectivity index (χ0) is 37.3. The lowest BCUT2D eigenvalue weighted by Gasteiger charge is -2.10. The maximum absolute atomic E-state index is 12.0. The van der Waals surface area contributed by atoms with E-state index in [4.69, 9.17) is 32.4 Å². The summed E-state index contributed by atoms with van der Waals surface area (Å²) in [4.78, 5) is -0.362. The number of methoxy groups -OCH3 is 1. The largest absolute Gasteiger partial charge is 0.495 e. The minimum absolute atomic E-state index is 0.0685. The van der Waals surface area contributed by atoms with Crippen molar-refractivity contribution in [2.45, 2.75) is 17.9 Å². The first-order valence-corrected chi connectivity index (χ1v) is 18.5. The van der Waals surface area contributed by atoms with Gasteiger partial charge in [0.25, 0.3) is 20.2 Å². The number of aliphatic hydroxyl groups excluding tert-OH is 1. The summed E-state index contributed by atoms with van der Waals surface area (Å²) >= 11 is 0. The van der Waals surface area contributed by atoms with Gasteiger partial charge in [-0.05, 0) is 60.3 Å². The minimum Gasteiger partial charge on any atom is -0.495 e. The Labute approximate surface area is 292 Å². The number of anilines is 1. The Morgan fingerprint density at radius 2 is 1.41 bits per heavy atom. The van der Waals surface area contributed by atoms with E-state index in [1.165, 1.54) is 37.4 Å². The average Bonchev–Trinajstić information content (AvgIpc) is 3.07. The van der Waals surface area contributed by atoms with Crippen LogP contribution in [0.25, 0.3) is 21.5 Å². The van der Waals surface area contributed by atoms with Crippen molar-refractivity contribution in [2.75, 3.05) is 25.2 Å². The zero-order valence-corrected chi connectivity index (χ0v) is 28.9. The van der Waals surface area contributed by atoms with Crippen LogP contribution in [0.5, 0.6) is 11.5 Å². The Balaban J connectivity index is 0.00000138. The smallest absolute Gasteiger partial charge is 0.425 e. The Kier molecular flexibility index (Phi) is 12.5. The van der Waals surface area contributed by atoms with E-state index in [1.54, 1.807) is 36.4 Å². The summed E-state index contributed by atoms with van der Waals surface area (Å²) in [6, 6.07) is 20.9. The molecule has 0 saturated heterocycles. The van der Waals surface area contributed by atoms with Crippen LogP contribution in [0.3, 0.4) is 0 Å². The molecule has 0 aliphatic rings. The van der Waals surface area contributed by atoms with Gasteiger partial charge in [0.2, 0.25) is 0 Å². The number of fused-ring (bicyclic) bond motifs is 2. The van der Waals surface area contributed by atoms with Gasteiger partial charge < -0.3 is 20.3 Å². The van der Waals surface area contributed by atoms with E-state index < -0.39 is 36.6 Å². The molecule has 17 nitrogen and oxygen atoms in total. The number of hydrogen-bond acceptors (Lipinski definition) is 15. The van der Waals surface area contributed by atoms with Gasteiger partial charge in [0.1, 0.15) is 11.5 Å². The predicted molar refractivity (Wildman–Crippen MR) is 186 cm³/mol. The fraction of sp³-hybridized carbons (Fsp3) is 0.161. The Hall–Kier alpha value is -5.38. The summed E-state index contributed by atoms with van der Waals surface area (Å²) in [5.41, 5.74) is 7.98. The molecule has 51 heavy (non-hydrogen) atoms. The number of benzene rings is 5. The molecule has 0 spiro atoms. The molecule has 5 aromatic carbocycles. The average molecular weight is 760 g/mol. The van der Waals surface area contributed by atoms with Gasteiger partial charge in [0.05, 0.1) is 59.4 Å². The molecule has 0 bridgehead atoms. The molecule has 0 heterocycles. The van der Waals surface area contributed by atoms with Gasteiger partial charge >= 0.3 is 10.6 Å². The van der Waals surface area contributed by atoms with Gasteiger partial charge in [-0.2, -0.15) is 27.1 Å². The van der Waals surface area contributed by atoms with Crippen molar-refractivity contribution < 1.29 is 53.1 Å². The number of azo groups is 2. The molecular weight excluding hydrogens is 731 g/mol. The SMILES string of the molecule is COc1cc(N=Nc2ccc(N=Nc3ccc4cccc(OCCCS(=O)(=O)O)c4c3)c3ccc(S(=O)(=O)O)cc23)c(CO)cc1N.O=S(=O)=O. The highest BCUT2D eigenvalue weighted by Gasteiger charge is 2.15. The standard InChI is InChI=1S/C31H29N5O9S2.O3S/c1-44-31-17-29(20(18-37)14-26(31)32)36-35-28-11-10-27(23-9-8-22(16-25(23)28)47(41,42)43)34-33-21-7-6-19-4-2-5-30(24(19)15-21)45-12-3-13-46(38,39)40;1-4(2)3/h2,4-11,14-17,37H,3,12-13,18,32H2,1H3,(H,38,39,40)(H,41,42,43);. The molecule has 5 aromatic rings. The number of ether oxygens (including phenoxy) is 2. The van der Waals surface area contributed by atoms with Crippen LogP contribution < -0.4 is 15.2 Å². The fourth-order valence-electron chi connectivity index (χ4n) is 4.72. The highest BCUT2D eigenvalue weighted by molar-refractivity contribution is 7.86. The third kappa shape index (κ3) is 10.6. The van der Waals surface area contributed by atoms with Crippen molar-refractivity contribution in [3.63, 3.8) is 0 Å². The number of nitrogens with zero attached hydrogens (tertiary/aromatic N) is 4. The first-order chi connectivity index (χ1) is 24.1. The molecule has 0 aliphatic carbocycles. The molecule has 0 aliphatic heterocycles. The molecule has 268 valence electrons. The highest BCUT2D eigenvalue weighted by Crippen LogP contribution is 2.38. The summed E-state index contributed by atoms with van der Waals surface area (Å²) in [7, 11) is -10.3. The van der Waals surface area contributed by atoms with Crippen LogP contribution in [0.4, 0.5) is 28.4 Å². The molecule has 0 amide bonds. The molecular formula is C31H29N5O12S3. The number of nitrogen functional groups attached to an aromatic ring is 1. The molecule has 20 heteroatoms. The predicted octanol–water partition coefficient (Wildman–Crippen LogP) is 5.81. The molecule has 0 aromatic heterocycles. The van der Waals surface area contributed by atoms with E-state index in [-0.39, 0.29) is 35.9 Å². The van der Waals surface area contributed by atoms with E-state index >= 15 is 0 Å². The molecule has 5 rings (SSSR count). The second kappa shape index (κ2) is 16.6. The lowest BCUT2D eigenvalue weighted by Crippen LogP contribution is -2.08. The molecule has 0 saturated carbocycles. The van der Waals surface area contributed by atoms with E-state index in [0.717, 1.165) is 5.39 Å². The van der Waals surface area contributed by atoms with Crippen LogP contribution in [0.2, 0.25) is 0 Å². The minimum atomic E-state index is -4.56. The van der Waals surface area contributed by atoms with E-state index in [1.807, 2.05) is 12.1 Å². The molecule has 0 unspecified atom stereocenters. The van der Waals surface area contributed by atoms with Gasteiger partial charge in [-0.25, -0.2) is 0 Å². The van der Waals surface area contributed by atoms with Gasteiger partial charge in [0.15, 0.2) is 0 Å². The summed E-state index contributed by atoms with van der Waals surface area (Å²) < 4.78 is 101. The molecule has 0 atom stereocenters. The topological polar surface area (TPSA) is 274 Å². The van der Waals surface area contributed by atoms with Gasteiger partial charge in [0, 0.05) is 27.8 Å². The first-order valence-electron chi connectivity index (χ1n) is 14.4. The van der Waals surface area contributed by atoms with Crippen molar-refractivity contribution in [1.29, 1.82) is 0 Å². The molecule has 5 N–H and O–H groups in total. The summed E-state index contributed by atoms with van der Waals surface area (Å²) in [5, 5.41) is 29.4. The van der Waals surface area contributed by atoms with Crippen LogP contribution in [0.1, 0.15) is 12.0 Å². The van der Waals surface area contributed by atoms with Gasteiger partial charge in [-0.1, -0.05) is 24.3 Å². The van der Waals surface area contributed by atoms with Crippen molar-refractivity contribution in [3.05, 3.63) is 84.4 Å². The molecule has 0 fully saturated rings. The monoisotopic (exact) mass is 759 g/mol. The Morgan fingerprint density at radius 3 is 2.06 bits per heavy atom. The number of nitrogens with two attached hydrogens (primary N) is 1. The van der Waals surface area contributed by atoms with Crippen LogP contribution in [-0.2, 0) is 37.5 Å². The zero-order valence-electron chi connectivity index (χ0n) is 26.4. The van der Waals surface area contributed by atoms with Crippen molar-refractivity contribution in [2.24, 2.45) is 20.5 Å². The normalized spacial score (nSPS) is 11.9. The van der Waals surface area contributed by atoms with Crippen LogP contribution in [0, 0.1) is 0 Å². The van der Waals surface area contributed by atoms with Gasteiger partial charge in [-0.15, -0.1) is 22.9 Å². The van der Waals surface area contributed by atoms with Crippen molar-refractivity contribution in [3.8, 4) is 11.5 Å². The Morgan fingerprint density at radius 1 is 0.745 bits per heavy atom. The van der Waals surface area contributed by atoms with Crippen LogP contribution in [0.15, 0.2) is 104 Å². The Bertz CT molecular complexity index is 2490. The fourth-order valence-corrected chi connectivity index (χ4v) is 5.71. The third-order valence-electron chi connectivity index (χ3n) is 7.01. The van der Waals surface area contributed by atoms with Gasteiger partial charge in [-0.3, -0.25) is 9.11 Å². The van der Waals surface area contributed by atoms with Crippen molar-refractivity contribution in [1.82, 2.24) is 0 Å². The lowest BCUT2D eigenvalue weighted by atomic mass is 10.1. The lowest BCUT2D eigenvalue weighted by molar-refractivity contribution is 0.282. The summed E-state index contributed by atoms with van der Waals surface area (Å²) in [6.07, 6.45) is 0.104. The van der Waals surface area contributed by atoms with Crippen LogP contribution in [-0.4, -0.2) is 63.1 Å². The number of aliphatic hydroxyl groups is 1. The maximum atomic E-state index is 12.0. The third-order valence-corrected chi connectivity index (χ3v) is 8.66. The first kappa shape index (κ1) is 38.4. The summed E-state index contributed by atoms with van der Waals surface area (Å²) in [6.45, 7) is -0.301. The number of rotatable bonds is 12. The summed E-state index contributed by atoms with van der Waals surface area (Å²) in [5.74, 6) is 0.405. The van der Waals surface area contributed by atoms with E-state index in [9.17, 15) is 26.5 Å². The quantitative estimate of drug-likeness (QED) is 0.0507. The second-order valence-electron chi connectivity index (χ2n) is 10.4. The van der Waals surface area contributed by atoms with Crippen molar-refractivity contribution >= 4 is 80.8 Å². The van der Waals surface area contributed by atoms with E-state index in [0.29, 0.717) is 50.3 Å². The maximum Gasteiger partial charge on any atom is 0.425 e. The van der Waals surface area contributed by atoms with Crippen LogP contribution >= 0.6 is 0 Å².